The summed E-state index contributed by atoms with van der Waals surface area (Å²) in [4.78, 5) is 41.4. The molecule has 1 aromatic heterocycles. The molecule has 0 aliphatic carbocycles. The number of carbonyl (C=O) groups is 2. The Morgan fingerprint density at radius 1 is 1.03 bits per heavy atom. The van der Waals surface area contributed by atoms with Crippen LogP contribution in [0.4, 0.5) is 0 Å². The second-order valence-corrected chi connectivity index (χ2v) is 7.60. The summed E-state index contributed by atoms with van der Waals surface area (Å²) < 4.78 is 6.79. The molecule has 1 amide bonds. The topological polar surface area (TPSA) is 90.3 Å². The van der Waals surface area contributed by atoms with E-state index in [2.05, 4.69) is 17.2 Å². The predicted octanol–water partition coefficient (Wildman–Crippen LogP) is 3.03. The number of nitrogens with one attached hydrogen (secondary N) is 1. The summed E-state index contributed by atoms with van der Waals surface area (Å²) in [6.45, 7) is 2.82. The molecule has 0 radical (unpaired) electrons. The van der Waals surface area contributed by atoms with Gasteiger partial charge in [-0.15, -0.1) is 0 Å². The molecule has 0 saturated carbocycles. The van der Waals surface area contributed by atoms with E-state index in [4.69, 9.17) is 4.74 Å². The zero-order valence-electron chi connectivity index (χ0n) is 18.4. The van der Waals surface area contributed by atoms with Crippen LogP contribution in [-0.4, -0.2) is 34.6 Å². The van der Waals surface area contributed by atoms with Crippen LogP contribution >= 0.6 is 0 Å². The first kappa shape index (κ1) is 23.2. The van der Waals surface area contributed by atoms with Crippen LogP contribution in [0.15, 0.2) is 59.4 Å². The molecule has 1 N–H and O–H groups in total. The molecule has 0 saturated heterocycles. The smallest absolute Gasteiger partial charge is 0.306 e. The van der Waals surface area contributed by atoms with Crippen molar-refractivity contribution in [3.05, 3.63) is 76.2 Å². The zero-order chi connectivity index (χ0) is 22.8. The van der Waals surface area contributed by atoms with Gasteiger partial charge in [0, 0.05) is 19.5 Å². The lowest BCUT2D eigenvalue weighted by Gasteiger charge is -2.12. The molecule has 7 nitrogen and oxygen atoms in total. The van der Waals surface area contributed by atoms with Gasteiger partial charge in [-0.1, -0.05) is 55.8 Å². The normalized spacial score (nSPS) is 10.8. The van der Waals surface area contributed by atoms with E-state index >= 15 is 0 Å². The maximum absolute atomic E-state index is 12.9. The van der Waals surface area contributed by atoms with Gasteiger partial charge in [0.15, 0.2) is 6.61 Å². The number of rotatable bonds is 11. The maximum atomic E-state index is 12.9. The monoisotopic (exact) mass is 435 g/mol. The summed E-state index contributed by atoms with van der Waals surface area (Å²) in [6.07, 6.45) is 2.72. The minimum Gasteiger partial charge on any atom is -0.456 e. The van der Waals surface area contributed by atoms with Crippen molar-refractivity contribution in [2.45, 2.75) is 45.6 Å². The third kappa shape index (κ3) is 6.51. The molecule has 0 aliphatic heterocycles. The molecule has 2 aromatic carbocycles. The number of ether oxygens (including phenoxy) is 1. The molecule has 1 heterocycles. The van der Waals surface area contributed by atoms with Gasteiger partial charge in [0.05, 0.1) is 17.5 Å². The first-order valence-corrected chi connectivity index (χ1v) is 11.0. The third-order valence-electron chi connectivity index (χ3n) is 5.16. The van der Waals surface area contributed by atoms with Crippen LogP contribution in [0.3, 0.4) is 0 Å². The second kappa shape index (κ2) is 11.8. The van der Waals surface area contributed by atoms with Crippen LogP contribution < -0.4 is 10.9 Å². The molecule has 32 heavy (non-hydrogen) atoms. The fraction of sp³-hybridized carbons (Fsp3) is 0.360. The van der Waals surface area contributed by atoms with Crippen LogP contribution in [0.25, 0.3) is 11.0 Å². The van der Waals surface area contributed by atoms with Crippen molar-refractivity contribution in [1.29, 1.82) is 0 Å². The highest BCUT2D eigenvalue weighted by Gasteiger charge is 2.14. The first-order valence-electron chi connectivity index (χ1n) is 11.0. The van der Waals surface area contributed by atoms with E-state index in [-0.39, 0.29) is 30.9 Å². The minimum absolute atomic E-state index is 0.00828. The van der Waals surface area contributed by atoms with Crippen molar-refractivity contribution in [3.63, 3.8) is 0 Å². The molecule has 7 heteroatoms. The van der Waals surface area contributed by atoms with E-state index in [9.17, 15) is 14.4 Å². The summed E-state index contributed by atoms with van der Waals surface area (Å²) in [5.41, 5.74) is 2.80. The summed E-state index contributed by atoms with van der Waals surface area (Å²) in [5.74, 6) is -0.877. The van der Waals surface area contributed by atoms with E-state index in [0.717, 1.165) is 29.4 Å². The van der Waals surface area contributed by atoms with Crippen LogP contribution in [0.1, 0.15) is 37.4 Å². The summed E-state index contributed by atoms with van der Waals surface area (Å²) in [5, 5.41) is 2.73. The zero-order valence-corrected chi connectivity index (χ0v) is 18.4. The standard InChI is InChI=1S/C25H29N3O4/c1-2-3-17-28-22-12-8-7-11-20(22)27-21(25(28)31)13-14-24(30)32-18-23(29)26-16-15-19-9-5-4-6-10-19/h4-12H,2-3,13-18H2,1H3,(H,26,29). The molecule has 0 bridgehead atoms. The molecule has 0 fully saturated rings. The lowest BCUT2D eigenvalue weighted by Crippen LogP contribution is -2.30. The molecule has 3 aromatic rings. The minimum atomic E-state index is -0.530. The Kier molecular flexibility index (Phi) is 8.54. The number of aromatic nitrogens is 2. The van der Waals surface area contributed by atoms with Gasteiger partial charge in [-0.2, -0.15) is 0 Å². The Balaban J connectivity index is 1.50. The molecule has 168 valence electrons. The molecule has 0 spiro atoms. The number of aryl methyl sites for hydroxylation is 2. The number of esters is 1. The van der Waals surface area contributed by atoms with Gasteiger partial charge in [-0.3, -0.25) is 14.4 Å². The molecule has 0 unspecified atom stereocenters. The van der Waals surface area contributed by atoms with Gasteiger partial charge >= 0.3 is 5.97 Å². The van der Waals surface area contributed by atoms with Crippen molar-refractivity contribution in [2.75, 3.05) is 13.2 Å². The first-order chi connectivity index (χ1) is 15.6. The van der Waals surface area contributed by atoms with Crippen molar-refractivity contribution in [1.82, 2.24) is 14.9 Å². The van der Waals surface area contributed by atoms with Crippen LogP contribution in [0.2, 0.25) is 0 Å². The Morgan fingerprint density at radius 3 is 2.56 bits per heavy atom. The van der Waals surface area contributed by atoms with Gasteiger partial charge in [0.2, 0.25) is 0 Å². The number of unbranched alkanes of at least 4 members (excludes halogenated alkanes) is 1. The van der Waals surface area contributed by atoms with Crippen molar-refractivity contribution >= 4 is 22.9 Å². The fourth-order valence-electron chi connectivity index (χ4n) is 3.43. The molecule has 3 rings (SSSR count). The maximum Gasteiger partial charge on any atom is 0.306 e. The lowest BCUT2D eigenvalue weighted by molar-refractivity contribution is -0.148. The molecular weight excluding hydrogens is 406 g/mol. The van der Waals surface area contributed by atoms with E-state index < -0.39 is 5.97 Å². The average molecular weight is 436 g/mol. The number of fused-ring (bicyclic) bond motifs is 1. The summed E-state index contributed by atoms with van der Waals surface area (Å²) in [6, 6.07) is 17.3. The Labute approximate surface area is 187 Å². The van der Waals surface area contributed by atoms with Crippen LogP contribution in [0.5, 0.6) is 0 Å². The van der Waals surface area contributed by atoms with Crippen molar-refractivity contribution in [3.8, 4) is 0 Å². The predicted molar refractivity (Wildman–Crippen MR) is 123 cm³/mol. The number of amides is 1. The second-order valence-electron chi connectivity index (χ2n) is 7.60. The molecule has 0 aliphatic rings. The average Bonchev–Trinajstić information content (AvgIpc) is 2.81. The molecule has 0 atom stereocenters. The number of nitrogens with zero attached hydrogens (tertiary/aromatic N) is 2. The quantitative estimate of drug-likeness (QED) is 0.468. The van der Waals surface area contributed by atoms with Crippen LogP contribution in [-0.2, 0) is 33.7 Å². The third-order valence-corrected chi connectivity index (χ3v) is 5.16. The lowest BCUT2D eigenvalue weighted by atomic mass is 10.1. The highest BCUT2D eigenvalue weighted by molar-refractivity contribution is 5.80. The Hall–Kier alpha value is -3.48. The number of hydrogen-bond donors (Lipinski definition) is 1. The number of benzene rings is 2. The highest BCUT2D eigenvalue weighted by Crippen LogP contribution is 2.12. The van der Waals surface area contributed by atoms with E-state index in [1.165, 1.54) is 0 Å². The van der Waals surface area contributed by atoms with Gasteiger partial charge in [0.1, 0.15) is 5.69 Å². The van der Waals surface area contributed by atoms with Gasteiger partial charge in [-0.05, 0) is 30.5 Å². The van der Waals surface area contributed by atoms with E-state index in [1.807, 2.05) is 54.6 Å². The van der Waals surface area contributed by atoms with Crippen molar-refractivity contribution in [2.24, 2.45) is 0 Å². The molecular formula is C25H29N3O4. The largest absolute Gasteiger partial charge is 0.456 e. The Morgan fingerprint density at radius 2 is 1.78 bits per heavy atom. The number of para-hydroxylation sites is 2. The van der Waals surface area contributed by atoms with Gasteiger partial charge in [-0.25, -0.2) is 4.98 Å². The highest BCUT2D eigenvalue weighted by atomic mass is 16.5. The van der Waals surface area contributed by atoms with Crippen molar-refractivity contribution < 1.29 is 14.3 Å². The number of carbonyl (C=O) groups excluding carboxylic acids is 2. The summed E-state index contributed by atoms with van der Waals surface area (Å²) >= 11 is 0. The van der Waals surface area contributed by atoms with E-state index in [0.29, 0.717) is 25.2 Å². The van der Waals surface area contributed by atoms with Crippen LogP contribution in [0, 0.1) is 0 Å². The van der Waals surface area contributed by atoms with E-state index in [1.54, 1.807) is 4.57 Å². The summed E-state index contributed by atoms with van der Waals surface area (Å²) in [7, 11) is 0. The Bertz CT molecular complexity index is 1110. The SMILES string of the molecule is CCCCn1c(=O)c(CCC(=O)OCC(=O)NCCc2ccccc2)nc2ccccc21. The van der Waals surface area contributed by atoms with Gasteiger partial charge in [0.25, 0.3) is 11.5 Å². The fourth-order valence-corrected chi connectivity index (χ4v) is 3.43. The number of hydrogen-bond acceptors (Lipinski definition) is 5. The van der Waals surface area contributed by atoms with Gasteiger partial charge < -0.3 is 14.6 Å².